The molecule has 0 fully saturated rings. The van der Waals surface area contributed by atoms with Crippen LogP contribution in [0.5, 0.6) is 11.5 Å². The van der Waals surface area contributed by atoms with E-state index in [4.69, 9.17) is 4.74 Å². The van der Waals surface area contributed by atoms with E-state index in [9.17, 15) is 0 Å². The molecule has 1 aliphatic heterocycles. The lowest BCUT2D eigenvalue weighted by atomic mass is 10.0. The summed E-state index contributed by atoms with van der Waals surface area (Å²) >= 11 is 0. The first-order chi connectivity index (χ1) is 25.3. The number of hydrogen-bond acceptors (Lipinski definition) is 2. The van der Waals surface area contributed by atoms with Crippen molar-refractivity contribution in [3.63, 3.8) is 0 Å². The Hall–Kier alpha value is -6.84. The Balaban J connectivity index is 1.08. The number of rotatable bonds is 6. The summed E-state index contributed by atoms with van der Waals surface area (Å²) in [6.45, 7) is 0. The van der Waals surface area contributed by atoms with Gasteiger partial charge in [-0.25, -0.2) is 0 Å². The van der Waals surface area contributed by atoms with Gasteiger partial charge in [0.2, 0.25) is 0 Å². The van der Waals surface area contributed by atoms with Crippen LogP contribution in [0.3, 0.4) is 0 Å². The molecule has 0 atom stereocenters. The molecule has 1 aliphatic rings. The van der Waals surface area contributed by atoms with Crippen molar-refractivity contribution in [3.8, 4) is 50.6 Å². The molecule has 2 heterocycles. The van der Waals surface area contributed by atoms with Gasteiger partial charge in [-0.1, -0.05) is 140 Å². The standard InChI is InChI=1S/C48H32N2O/c1-3-11-33(12-4-1)35-21-27-38(28-22-35)49(39-29-23-36(24-30-39)34-13-5-2-6-14-34)40-31-25-37(26-32-40)41-16-9-19-45-47(41)50-44-18-8-7-15-42(44)43-17-10-20-46(51-45)48(43)50/h1-32H. The van der Waals surface area contributed by atoms with E-state index < -0.39 is 0 Å². The third-order valence-electron chi connectivity index (χ3n) is 10.0. The van der Waals surface area contributed by atoms with Crippen molar-refractivity contribution in [2.45, 2.75) is 0 Å². The molecule has 0 bridgehead atoms. The van der Waals surface area contributed by atoms with Crippen molar-refractivity contribution in [1.82, 2.24) is 4.57 Å². The molecule has 0 spiro atoms. The number of para-hydroxylation sites is 3. The zero-order chi connectivity index (χ0) is 33.7. The molecule has 0 unspecified atom stereocenters. The van der Waals surface area contributed by atoms with Crippen LogP contribution >= 0.6 is 0 Å². The van der Waals surface area contributed by atoms with E-state index in [1.165, 1.54) is 38.5 Å². The normalized spacial score (nSPS) is 11.7. The van der Waals surface area contributed by atoms with Crippen molar-refractivity contribution in [2.24, 2.45) is 0 Å². The smallest absolute Gasteiger partial charge is 0.152 e. The van der Waals surface area contributed by atoms with Crippen molar-refractivity contribution in [1.29, 1.82) is 0 Å². The Bertz CT molecular complexity index is 2590. The molecular formula is C48H32N2O. The van der Waals surface area contributed by atoms with Gasteiger partial charge in [0, 0.05) is 33.4 Å². The first-order valence-electron chi connectivity index (χ1n) is 17.4. The van der Waals surface area contributed by atoms with Crippen LogP contribution < -0.4 is 9.64 Å². The Morgan fingerprint density at radius 1 is 0.353 bits per heavy atom. The van der Waals surface area contributed by atoms with Crippen molar-refractivity contribution < 1.29 is 4.74 Å². The lowest BCUT2D eigenvalue weighted by Gasteiger charge is -2.27. The van der Waals surface area contributed by atoms with Crippen LogP contribution in [-0.4, -0.2) is 4.57 Å². The maximum absolute atomic E-state index is 6.57. The molecule has 9 aromatic rings. The summed E-state index contributed by atoms with van der Waals surface area (Å²) < 4.78 is 8.96. The second-order valence-electron chi connectivity index (χ2n) is 13.0. The van der Waals surface area contributed by atoms with Crippen LogP contribution in [0, 0.1) is 0 Å². The van der Waals surface area contributed by atoms with Gasteiger partial charge in [-0.3, -0.25) is 0 Å². The zero-order valence-corrected chi connectivity index (χ0v) is 27.8. The average molecular weight is 653 g/mol. The largest absolute Gasteiger partial charge is 0.453 e. The molecule has 8 aromatic carbocycles. The maximum atomic E-state index is 6.57. The second-order valence-corrected chi connectivity index (χ2v) is 13.0. The lowest BCUT2D eigenvalue weighted by molar-refractivity contribution is 0.477. The molecule has 51 heavy (non-hydrogen) atoms. The van der Waals surface area contributed by atoms with E-state index in [1.807, 2.05) is 0 Å². The molecule has 0 amide bonds. The molecule has 3 nitrogen and oxygen atoms in total. The van der Waals surface area contributed by atoms with E-state index in [0.29, 0.717) is 0 Å². The summed E-state index contributed by atoms with van der Waals surface area (Å²) in [5.41, 5.74) is 13.7. The van der Waals surface area contributed by atoms with Gasteiger partial charge >= 0.3 is 0 Å². The molecule has 0 saturated carbocycles. The van der Waals surface area contributed by atoms with Crippen LogP contribution in [0.15, 0.2) is 194 Å². The Morgan fingerprint density at radius 2 is 0.824 bits per heavy atom. The average Bonchev–Trinajstić information content (AvgIpc) is 3.55. The zero-order valence-electron chi connectivity index (χ0n) is 27.8. The van der Waals surface area contributed by atoms with Gasteiger partial charge in [0.25, 0.3) is 0 Å². The fourth-order valence-corrected chi connectivity index (χ4v) is 7.59. The van der Waals surface area contributed by atoms with Crippen molar-refractivity contribution in [3.05, 3.63) is 194 Å². The predicted molar refractivity (Wildman–Crippen MR) is 212 cm³/mol. The van der Waals surface area contributed by atoms with Gasteiger partial charge in [0.15, 0.2) is 11.5 Å². The first kappa shape index (κ1) is 29.1. The number of hydrogen-bond donors (Lipinski definition) is 0. The second kappa shape index (κ2) is 11.9. The van der Waals surface area contributed by atoms with Gasteiger partial charge < -0.3 is 14.2 Å². The molecule has 0 aliphatic carbocycles. The fourth-order valence-electron chi connectivity index (χ4n) is 7.59. The summed E-state index contributed by atoms with van der Waals surface area (Å²) in [6.07, 6.45) is 0. The topological polar surface area (TPSA) is 17.4 Å². The summed E-state index contributed by atoms with van der Waals surface area (Å²) in [4.78, 5) is 2.33. The molecule has 240 valence electrons. The van der Waals surface area contributed by atoms with Crippen LogP contribution in [0.4, 0.5) is 17.1 Å². The quantitative estimate of drug-likeness (QED) is 0.178. The van der Waals surface area contributed by atoms with Crippen LogP contribution in [0.1, 0.15) is 0 Å². The van der Waals surface area contributed by atoms with E-state index in [0.717, 1.165) is 50.9 Å². The highest BCUT2D eigenvalue weighted by Gasteiger charge is 2.26. The maximum Gasteiger partial charge on any atom is 0.152 e. The summed E-state index contributed by atoms with van der Waals surface area (Å²) in [6, 6.07) is 69.0. The highest BCUT2D eigenvalue weighted by Crippen LogP contribution is 2.48. The van der Waals surface area contributed by atoms with Gasteiger partial charge in [-0.15, -0.1) is 0 Å². The minimum absolute atomic E-state index is 0.858. The summed E-state index contributed by atoms with van der Waals surface area (Å²) in [7, 11) is 0. The number of anilines is 3. The van der Waals surface area contributed by atoms with Crippen LogP contribution in [0.2, 0.25) is 0 Å². The van der Waals surface area contributed by atoms with E-state index in [-0.39, 0.29) is 0 Å². The van der Waals surface area contributed by atoms with Crippen LogP contribution in [-0.2, 0) is 0 Å². The fraction of sp³-hybridized carbons (Fsp3) is 0. The van der Waals surface area contributed by atoms with Crippen molar-refractivity contribution in [2.75, 3.05) is 4.90 Å². The molecule has 1 aromatic heterocycles. The molecule has 0 N–H and O–H groups in total. The summed E-state index contributed by atoms with van der Waals surface area (Å²) in [5, 5.41) is 2.43. The number of fused-ring (bicyclic) bond motifs is 5. The minimum Gasteiger partial charge on any atom is -0.453 e. The first-order valence-corrected chi connectivity index (χ1v) is 17.4. The SMILES string of the molecule is c1ccc(-c2ccc(N(c3ccc(-c4ccccc4)cc3)c3ccc(-c4cccc5c4-n4c6ccccc6c6cccc(c64)O5)cc3)cc2)cc1. The number of ether oxygens (including phenoxy) is 1. The van der Waals surface area contributed by atoms with Gasteiger partial charge in [0.05, 0.1) is 16.7 Å². The minimum atomic E-state index is 0.858. The molecule has 3 heteroatoms. The molecular weight excluding hydrogens is 621 g/mol. The molecule has 0 radical (unpaired) electrons. The monoisotopic (exact) mass is 652 g/mol. The Kier molecular flexibility index (Phi) is 6.81. The van der Waals surface area contributed by atoms with Crippen molar-refractivity contribution >= 4 is 38.9 Å². The van der Waals surface area contributed by atoms with Gasteiger partial charge in [-0.05, 0) is 82.4 Å². The predicted octanol–water partition coefficient (Wildman–Crippen LogP) is 13.4. The third-order valence-corrected chi connectivity index (χ3v) is 10.0. The van der Waals surface area contributed by atoms with Crippen LogP contribution in [0.25, 0.3) is 60.9 Å². The highest BCUT2D eigenvalue weighted by atomic mass is 16.5. The van der Waals surface area contributed by atoms with Gasteiger partial charge in [0.1, 0.15) is 0 Å². The number of nitrogens with zero attached hydrogens (tertiary/aromatic N) is 2. The summed E-state index contributed by atoms with van der Waals surface area (Å²) in [5.74, 6) is 1.74. The number of benzene rings is 8. The third kappa shape index (κ3) is 4.90. The Labute approximate surface area is 296 Å². The lowest BCUT2D eigenvalue weighted by Crippen LogP contribution is -2.10. The van der Waals surface area contributed by atoms with E-state index in [2.05, 4.69) is 204 Å². The molecule has 10 rings (SSSR count). The Morgan fingerprint density at radius 3 is 1.43 bits per heavy atom. The number of aromatic nitrogens is 1. The highest BCUT2D eigenvalue weighted by molar-refractivity contribution is 6.12. The van der Waals surface area contributed by atoms with Gasteiger partial charge in [-0.2, -0.15) is 0 Å². The van der Waals surface area contributed by atoms with E-state index in [1.54, 1.807) is 0 Å². The van der Waals surface area contributed by atoms with E-state index >= 15 is 0 Å². The molecule has 0 saturated heterocycles.